The van der Waals surface area contributed by atoms with Gasteiger partial charge in [-0.15, -0.1) is 0 Å². The number of hydrogen-bond donors (Lipinski definition) is 0. The Balaban J connectivity index is 1.36. The molecule has 22 heavy (non-hydrogen) atoms. The molecule has 0 radical (unpaired) electrons. The van der Waals surface area contributed by atoms with Crippen molar-refractivity contribution in [3.8, 4) is 0 Å². The van der Waals surface area contributed by atoms with Crippen LogP contribution < -0.4 is 0 Å². The topological polar surface area (TPSA) is 62.5 Å². The van der Waals surface area contributed by atoms with Gasteiger partial charge in [0.15, 0.2) is 0 Å². The summed E-state index contributed by atoms with van der Waals surface area (Å²) in [5, 5.41) is 0. The molecule has 2 atom stereocenters. The predicted molar refractivity (Wildman–Crippen MR) is 78.9 cm³/mol. The largest absolute Gasteiger partial charge is 0.472 e. The van der Waals surface area contributed by atoms with Crippen molar-refractivity contribution in [2.24, 2.45) is 11.8 Å². The zero-order valence-electron chi connectivity index (χ0n) is 12.3. The average molecular weight is 298 g/mol. The Morgan fingerprint density at radius 3 is 2.68 bits per heavy atom. The Kier molecular flexibility index (Phi) is 3.38. The van der Waals surface area contributed by atoms with Gasteiger partial charge in [-0.25, -0.2) is 4.98 Å². The molecule has 0 saturated carbocycles. The molecule has 1 amide bonds. The van der Waals surface area contributed by atoms with E-state index in [1.54, 1.807) is 31.1 Å². The molecule has 2 fully saturated rings. The zero-order valence-corrected chi connectivity index (χ0v) is 12.3. The Morgan fingerprint density at radius 2 is 2.05 bits per heavy atom. The molecule has 0 bridgehead atoms. The van der Waals surface area contributed by atoms with Gasteiger partial charge in [0.25, 0.3) is 5.91 Å². The van der Waals surface area contributed by atoms with Crippen molar-refractivity contribution in [3.63, 3.8) is 0 Å². The van der Waals surface area contributed by atoms with Crippen LogP contribution in [0.2, 0.25) is 0 Å². The van der Waals surface area contributed by atoms with Gasteiger partial charge >= 0.3 is 0 Å². The lowest BCUT2D eigenvalue weighted by atomic mass is 10.0. The molecule has 2 aromatic rings. The van der Waals surface area contributed by atoms with Crippen LogP contribution >= 0.6 is 0 Å². The SMILES string of the molecule is O=C(c1cnccn1)N1C[C@H]2CN(Cc3ccoc3)C[C@H]2C1. The molecule has 2 aromatic heterocycles. The Bertz CT molecular complexity index is 629. The Morgan fingerprint density at radius 1 is 1.23 bits per heavy atom. The summed E-state index contributed by atoms with van der Waals surface area (Å²) in [4.78, 5) is 24.9. The molecule has 4 rings (SSSR count). The van der Waals surface area contributed by atoms with Crippen LogP contribution in [0.25, 0.3) is 0 Å². The Hall–Kier alpha value is -2.21. The maximum absolute atomic E-state index is 12.4. The van der Waals surface area contributed by atoms with Gasteiger partial charge in [0, 0.05) is 50.7 Å². The van der Waals surface area contributed by atoms with Gasteiger partial charge in [0.05, 0.1) is 18.7 Å². The monoisotopic (exact) mass is 298 g/mol. The molecule has 0 spiro atoms. The highest BCUT2D eigenvalue weighted by molar-refractivity contribution is 5.92. The number of rotatable bonds is 3. The van der Waals surface area contributed by atoms with Crippen molar-refractivity contribution in [2.75, 3.05) is 26.2 Å². The quantitative estimate of drug-likeness (QED) is 0.854. The lowest BCUT2D eigenvalue weighted by Gasteiger charge is -2.20. The molecule has 6 heteroatoms. The van der Waals surface area contributed by atoms with Gasteiger partial charge in [-0.3, -0.25) is 14.7 Å². The van der Waals surface area contributed by atoms with Crippen molar-refractivity contribution >= 4 is 5.91 Å². The third-order valence-electron chi connectivity index (χ3n) is 4.62. The van der Waals surface area contributed by atoms with E-state index in [2.05, 4.69) is 14.9 Å². The molecule has 114 valence electrons. The second-order valence-corrected chi connectivity index (χ2v) is 6.15. The minimum Gasteiger partial charge on any atom is -0.472 e. The molecule has 2 aliphatic rings. The van der Waals surface area contributed by atoms with E-state index >= 15 is 0 Å². The molecule has 6 nitrogen and oxygen atoms in total. The molecule has 2 saturated heterocycles. The molecule has 4 heterocycles. The lowest BCUT2D eigenvalue weighted by molar-refractivity contribution is 0.0767. The second kappa shape index (κ2) is 5.53. The maximum atomic E-state index is 12.4. The summed E-state index contributed by atoms with van der Waals surface area (Å²) in [5.41, 5.74) is 1.66. The van der Waals surface area contributed by atoms with Gasteiger partial charge < -0.3 is 9.32 Å². The first kappa shape index (κ1) is 13.5. The van der Waals surface area contributed by atoms with E-state index in [1.807, 2.05) is 11.0 Å². The number of nitrogens with zero attached hydrogens (tertiary/aromatic N) is 4. The summed E-state index contributed by atoms with van der Waals surface area (Å²) in [6.07, 6.45) is 8.22. The third kappa shape index (κ3) is 2.50. The normalized spacial score (nSPS) is 24.6. The fourth-order valence-electron chi connectivity index (χ4n) is 3.60. The molecular weight excluding hydrogens is 280 g/mol. The van der Waals surface area contributed by atoms with Gasteiger partial charge in [0.2, 0.25) is 0 Å². The first-order chi connectivity index (χ1) is 10.8. The maximum Gasteiger partial charge on any atom is 0.274 e. The van der Waals surface area contributed by atoms with E-state index in [9.17, 15) is 4.79 Å². The first-order valence-corrected chi connectivity index (χ1v) is 7.58. The van der Waals surface area contributed by atoms with Gasteiger partial charge in [0.1, 0.15) is 5.69 Å². The van der Waals surface area contributed by atoms with Gasteiger partial charge in [-0.2, -0.15) is 0 Å². The number of fused-ring (bicyclic) bond motifs is 1. The highest BCUT2D eigenvalue weighted by Crippen LogP contribution is 2.32. The van der Waals surface area contributed by atoms with Crippen molar-refractivity contribution < 1.29 is 9.21 Å². The van der Waals surface area contributed by atoms with Crippen LogP contribution in [0.4, 0.5) is 0 Å². The van der Waals surface area contributed by atoms with E-state index in [1.165, 1.54) is 5.56 Å². The van der Waals surface area contributed by atoms with E-state index in [0.29, 0.717) is 17.5 Å². The number of aromatic nitrogens is 2. The van der Waals surface area contributed by atoms with Crippen LogP contribution in [0.3, 0.4) is 0 Å². The van der Waals surface area contributed by atoms with E-state index < -0.39 is 0 Å². The number of hydrogen-bond acceptors (Lipinski definition) is 5. The average Bonchev–Trinajstić information content (AvgIpc) is 3.24. The highest BCUT2D eigenvalue weighted by atomic mass is 16.3. The van der Waals surface area contributed by atoms with Crippen molar-refractivity contribution in [2.45, 2.75) is 6.54 Å². The Labute approximate surface area is 128 Å². The molecule has 0 unspecified atom stereocenters. The number of furan rings is 1. The summed E-state index contributed by atoms with van der Waals surface area (Å²) >= 11 is 0. The lowest BCUT2D eigenvalue weighted by Crippen LogP contribution is -2.33. The standard InChI is InChI=1S/C16H18N4O2/c21-16(15-5-17-2-3-18-15)20-9-13-7-19(8-14(13)10-20)6-12-1-4-22-11-12/h1-5,11,13-14H,6-10H2/t13-,14+. The molecule has 0 N–H and O–H groups in total. The minimum absolute atomic E-state index is 0.00360. The molecule has 2 aliphatic heterocycles. The molecule has 0 aliphatic carbocycles. The third-order valence-corrected chi connectivity index (χ3v) is 4.62. The highest BCUT2D eigenvalue weighted by Gasteiger charge is 2.41. The second-order valence-electron chi connectivity index (χ2n) is 6.15. The number of amides is 1. The predicted octanol–water partition coefficient (Wildman–Crippen LogP) is 1.27. The number of likely N-dealkylation sites (tertiary alicyclic amines) is 2. The fourth-order valence-corrected chi connectivity index (χ4v) is 3.60. The number of carbonyl (C=O) groups excluding carboxylic acids is 1. The van der Waals surface area contributed by atoms with Crippen LogP contribution in [-0.4, -0.2) is 51.9 Å². The summed E-state index contributed by atoms with van der Waals surface area (Å²) in [5.74, 6) is 1.13. The summed E-state index contributed by atoms with van der Waals surface area (Å²) < 4.78 is 5.12. The van der Waals surface area contributed by atoms with Crippen LogP contribution in [0.1, 0.15) is 16.1 Å². The van der Waals surface area contributed by atoms with Crippen molar-refractivity contribution in [1.82, 2.24) is 19.8 Å². The van der Waals surface area contributed by atoms with E-state index in [4.69, 9.17) is 4.42 Å². The van der Waals surface area contributed by atoms with E-state index in [-0.39, 0.29) is 5.91 Å². The fraction of sp³-hybridized carbons (Fsp3) is 0.438. The minimum atomic E-state index is 0.00360. The number of carbonyl (C=O) groups is 1. The van der Waals surface area contributed by atoms with E-state index in [0.717, 1.165) is 32.7 Å². The van der Waals surface area contributed by atoms with Crippen LogP contribution in [-0.2, 0) is 6.54 Å². The van der Waals surface area contributed by atoms with Crippen LogP contribution in [0.5, 0.6) is 0 Å². The zero-order chi connectivity index (χ0) is 14.9. The first-order valence-electron chi connectivity index (χ1n) is 7.58. The summed E-state index contributed by atoms with van der Waals surface area (Å²) in [7, 11) is 0. The summed E-state index contributed by atoms with van der Waals surface area (Å²) in [6.45, 7) is 4.66. The van der Waals surface area contributed by atoms with Gasteiger partial charge in [-0.1, -0.05) is 0 Å². The van der Waals surface area contributed by atoms with Crippen molar-refractivity contribution in [1.29, 1.82) is 0 Å². The van der Waals surface area contributed by atoms with Gasteiger partial charge in [-0.05, 0) is 17.9 Å². The summed E-state index contributed by atoms with van der Waals surface area (Å²) in [6, 6.07) is 2.01. The molecular formula is C16H18N4O2. The van der Waals surface area contributed by atoms with Crippen LogP contribution in [0, 0.1) is 11.8 Å². The van der Waals surface area contributed by atoms with Crippen molar-refractivity contribution in [3.05, 3.63) is 48.4 Å². The molecule has 0 aromatic carbocycles. The smallest absolute Gasteiger partial charge is 0.274 e. The van der Waals surface area contributed by atoms with Crippen LogP contribution in [0.15, 0.2) is 41.6 Å².